The van der Waals surface area contributed by atoms with Gasteiger partial charge in [0.2, 0.25) is 0 Å². The quantitative estimate of drug-likeness (QED) is 0.490. The first-order valence-corrected chi connectivity index (χ1v) is 12.2. The van der Waals surface area contributed by atoms with Crippen LogP contribution in [0.2, 0.25) is 0 Å². The maximum atomic E-state index is 13.5. The average molecular weight is 454 g/mol. The van der Waals surface area contributed by atoms with Crippen LogP contribution in [0.5, 0.6) is 5.75 Å². The van der Waals surface area contributed by atoms with Crippen molar-refractivity contribution in [2.75, 3.05) is 25.1 Å². The normalized spacial score (nSPS) is 19.5. The number of amidine groups is 1. The van der Waals surface area contributed by atoms with E-state index in [4.69, 9.17) is 9.73 Å². The van der Waals surface area contributed by atoms with Gasteiger partial charge < -0.3 is 9.64 Å². The highest BCUT2D eigenvalue weighted by Crippen LogP contribution is 2.51. The van der Waals surface area contributed by atoms with Crippen LogP contribution in [0.25, 0.3) is 0 Å². The third-order valence-electron chi connectivity index (χ3n) is 5.28. The average Bonchev–Trinajstić information content (AvgIpc) is 3.30. The highest BCUT2D eigenvalue weighted by atomic mass is 32.2. The third kappa shape index (κ3) is 4.34. The number of aliphatic imine (C=N–C) groups is 1. The molecule has 0 unspecified atom stereocenters. The van der Waals surface area contributed by atoms with E-state index in [-0.39, 0.29) is 5.91 Å². The number of thioether (sulfide) groups is 2. The molecule has 162 valence electrons. The zero-order valence-corrected chi connectivity index (χ0v) is 20.0. The van der Waals surface area contributed by atoms with E-state index in [2.05, 4.69) is 31.7 Å². The summed E-state index contributed by atoms with van der Waals surface area (Å²) in [7, 11) is 1.68. The number of unbranched alkanes of at least 4 members (excludes halogenated alkanes) is 1. The van der Waals surface area contributed by atoms with Crippen molar-refractivity contribution >= 4 is 46.0 Å². The summed E-state index contributed by atoms with van der Waals surface area (Å²) in [6, 6.07) is 14.2. The van der Waals surface area contributed by atoms with Gasteiger partial charge in [-0.25, -0.2) is 4.99 Å². The third-order valence-corrected chi connectivity index (χ3v) is 7.66. The molecule has 0 atom stereocenters. The first-order valence-electron chi connectivity index (χ1n) is 10.6. The lowest BCUT2D eigenvalue weighted by molar-refractivity contribution is -0.122. The van der Waals surface area contributed by atoms with Crippen LogP contribution in [-0.4, -0.2) is 36.2 Å². The fourth-order valence-electron chi connectivity index (χ4n) is 3.53. The first-order chi connectivity index (χ1) is 15.0. The number of ether oxygens (including phenoxy) is 1. The van der Waals surface area contributed by atoms with E-state index < -0.39 is 0 Å². The lowest BCUT2D eigenvalue weighted by Gasteiger charge is -2.19. The minimum Gasteiger partial charge on any atom is -0.497 e. The molecule has 2 aliphatic heterocycles. The van der Waals surface area contributed by atoms with E-state index >= 15 is 0 Å². The van der Waals surface area contributed by atoms with Gasteiger partial charge in [0.05, 0.1) is 18.5 Å². The number of nitrogens with zero attached hydrogens (tertiary/aromatic N) is 3. The van der Waals surface area contributed by atoms with Gasteiger partial charge in [-0.05, 0) is 56.3 Å². The second kappa shape index (κ2) is 9.40. The van der Waals surface area contributed by atoms with Gasteiger partial charge in [-0.2, -0.15) is 0 Å². The van der Waals surface area contributed by atoms with Crippen molar-refractivity contribution in [1.29, 1.82) is 0 Å². The topological polar surface area (TPSA) is 45.1 Å². The van der Waals surface area contributed by atoms with Gasteiger partial charge in [-0.3, -0.25) is 9.69 Å². The molecule has 31 heavy (non-hydrogen) atoms. The number of benzene rings is 2. The van der Waals surface area contributed by atoms with E-state index in [9.17, 15) is 4.79 Å². The summed E-state index contributed by atoms with van der Waals surface area (Å²) in [5.74, 6) is 0.866. The molecule has 5 nitrogen and oxygen atoms in total. The van der Waals surface area contributed by atoms with Gasteiger partial charge in [0.1, 0.15) is 15.7 Å². The molecule has 0 radical (unpaired) electrons. The standard InChI is InChI=1S/C24H27N3O2S2/c1-5-7-14-27-22(28)21(31-24(27)25-17-10-8-16(3)9-11-17)23-26(6-2)19-15-18(29-4)12-13-20(19)30-23/h8-13,15H,5-7,14H2,1-4H3. The molecule has 0 bridgehead atoms. The predicted molar refractivity (Wildman–Crippen MR) is 131 cm³/mol. The second-order valence-electron chi connectivity index (χ2n) is 7.46. The van der Waals surface area contributed by atoms with Crippen LogP contribution in [0, 0.1) is 6.92 Å². The fourth-order valence-corrected chi connectivity index (χ4v) is 5.93. The number of hydrogen-bond donors (Lipinski definition) is 0. The highest BCUT2D eigenvalue weighted by molar-refractivity contribution is 8.19. The smallest absolute Gasteiger partial charge is 0.269 e. The van der Waals surface area contributed by atoms with Crippen molar-refractivity contribution < 1.29 is 9.53 Å². The Morgan fingerprint density at radius 2 is 1.81 bits per heavy atom. The van der Waals surface area contributed by atoms with Gasteiger partial charge >= 0.3 is 0 Å². The molecule has 0 saturated carbocycles. The van der Waals surface area contributed by atoms with Crippen LogP contribution in [0.4, 0.5) is 11.4 Å². The van der Waals surface area contributed by atoms with Gasteiger partial charge in [-0.15, -0.1) is 0 Å². The van der Waals surface area contributed by atoms with E-state index in [0.717, 1.165) is 56.5 Å². The number of amides is 1. The van der Waals surface area contributed by atoms with Crippen molar-refractivity contribution in [2.24, 2.45) is 4.99 Å². The molecule has 2 aliphatic rings. The van der Waals surface area contributed by atoms with Crippen molar-refractivity contribution in [2.45, 2.75) is 38.5 Å². The lowest BCUT2D eigenvalue weighted by Crippen LogP contribution is -2.30. The van der Waals surface area contributed by atoms with E-state index in [1.165, 1.54) is 17.3 Å². The Morgan fingerprint density at radius 1 is 1.03 bits per heavy atom. The van der Waals surface area contributed by atoms with E-state index in [0.29, 0.717) is 6.54 Å². The Balaban J connectivity index is 1.73. The molecule has 2 aromatic rings. The van der Waals surface area contributed by atoms with Crippen molar-refractivity contribution in [3.8, 4) is 5.75 Å². The minimum absolute atomic E-state index is 0.0463. The predicted octanol–water partition coefficient (Wildman–Crippen LogP) is 6.17. The number of anilines is 1. The maximum Gasteiger partial charge on any atom is 0.269 e. The number of carbonyl (C=O) groups is 1. The Kier molecular flexibility index (Phi) is 6.62. The summed E-state index contributed by atoms with van der Waals surface area (Å²) in [6.07, 6.45) is 1.98. The molecular weight excluding hydrogens is 426 g/mol. The number of aryl methyl sites for hydroxylation is 1. The van der Waals surface area contributed by atoms with Crippen LogP contribution >= 0.6 is 23.5 Å². The van der Waals surface area contributed by atoms with Crippen molar-refractivity contribution in [3.05, 3.63) is 58.0 Å². The summed E-state index contributed by atoms with van der Waals surface area (Å²) < 4.78 is 5.42. The van der Waals surface area contributed by atoms with Crippen LogP contribution < -0.4 is 9.64 Å². The Hall–Kier alpha value is -2.38. The molecule has 2 aromatic carbocycles. The fraction of sp³-hybridized carbons (Fsp3) is 0.333. The summed E-state index contributed by atoms with van der Waals surface area (Å²) >= 11 is 3.14. The van der Waals surface area contributed by atoms with Crippen LogP contribution in [0.3, 0.4) is 0 Å². The van der Waals surface area contributed by atoms with Gasteiger partial charge in [0, 0.05) is 24.1 Å². The molecule has 1 saturated heterocycles. The largest absolute Gasteiger partial charge is 0.497 e. The number of fused-ring (bicyclic) bond motifs is 1. The van der Waals surface area contributed by atoms with Gasteiger partial charge in [0.15, 0.2) is 5.17 Å². The van der Waals surface area contributed by atoms with Crippen molar-refractivity contribution in [3.63, 3.8) is 0 Å². The highest BCUT2D eigenvalue weighted by Gasteiger charge is 2.39. The zero-order valence-electron chi connectivity index (χ0n) is 18.3. The summed E-state index contributed by atoms with van der Waals surface area (Å²) in [5.41, 5.74) is 3.15. The Labute approximate surface area is 192 Å². The molecule has 2 heterocycles. The zero-order chi connectivity index (χ0) is 22.0. The van der Waals surface area contributed by atoms with Crippen LogP contribution in [0.15, 0.2) is 62.3 Å². The van der Waals surface area contributed by atoms with Gasteiger partial charge in [-0.1, -0.05) is 42.8 Å². The molecule has 1 amide bonds. The number of methoxy groups -OCH3 is 1. The summed E-state index contributed by atoms with van der Waals surface area (Å²) in [6.45, 7) is 7.76. The number of hydrogen-bond acceptors (Lipinski definition) is 6. The number of rotatable bonds is 6. The second-order valence-corrected chi connectivity index (χ2v) is 9.46. The molecule has 0 aromatic heterocycles. The Morgan fingerprint density at radius 3 is 2.48 bits per heavy atom. The van der Waals surface area contributed by atoms with Crippen LogP contribution in [0.1, 0.15) is 32.3 Å². The molecule has 7 heteroatoms. The molecule has 4 rings (SSSR count). The summed E-state index contributed by atoms with van der Waals surface area (Å²) in [5, 5.41) is 1.74. The molecule has 0 spiro atoms. The maximum absolute atomic E-state index is 13.5. The summed E-state index contributed by atoms with van der Waals surface area (Å²) in [4.78, 5) is 24.3. The molecule has 0 aliphatic carbocycles. The van der Waals surface area contributed by atoms with Crippen molar-refractivity contribution in [1.82, 2.24) is 4.90 Å². The van der Waals surface area contributed by atoms with E-state index in [1.807, 2.05) is 41.3 Å². The van der Waals surface area contributed by atoms with E-state index in [1.54, 1.807) is 18.9 Å². The van der Waals surface area contributed by atoms with Gasteiger partial charge in [0.25, 0.3) is 5.91 Å². The Bertz CT molecular complexity index is 1050. The minimum atomic E-state index is 0.0463. The molecule has 0 N–H and O–H groups in total. The lowest BCUT2D eigenvalue weighted by atomic mass is 10.2. The molecule has 1 fully saturated rings. The molecular formula is C24H27N3O2S2. The number of carbonyl (C=O) groups excluding carboxylic acids is 1. The van der Waals surface area contributed by atoms with Crippen LogP contribution in [-0.2, 0) is 4.79 Å². The monoisotopic (exact) mass is 453 g/mol. The first kappa shape index (κ1) is 21.8. The SMILES string of the molecule is CCCCN1C(=O)C(=C2Sc3ccc(OC)cc3N2CC)SC1=Nc1ccc(C)cc1.